The van der Waals surface area contributed by atoms with Gasteiger partial charge in [0.15, 0.2) is 0 Å². The molecule has 0 atom stereocenters. The minimum absolute atomic E-state index is 0. The van der Waals surface area contributed by atoms with Crippen molar-refractivity contribution in [2.24, 2.45) is 0 Å². The van der Waals surface area contributed by atoms with Crippen molar-refractivity contribution in [2.75, 3.05) is 0 Å². The third-order valence-electron chi connectivity index (χ3n) is 1.07. The molecule has 1 fully saturated rings. The molecule has 0 bridgehead atoms. The molecule has 1 rings (SSSR count). The van der Waals surface area contributed by atoms with E-state index in [1.807, 2.05) is 0 Å². The fourth-order valence-corrected chi connectivity index (χ4v) is 0.722. The zero-order chi connectivity index (χ0) is 10.7. The quantitative estimate of drug-likeness (QED) is 0.514. The van der Waals surface area contributed by atoms with Gasteiger partial charge >= 0.3 is 21.7 Å². The van der Waals surface area contributed by atoms with Crippen LogP contribution in [0, 0.1) is 13.8 Å². The molecule has 1 aliphatic carbocycles. The van der Waals surface area contributed by atoms with E-state index < -0.39 is 0 Å². The zero-order valence-electron chi connectivity index (χ0n) is 11.0. The molecule has 0 radical (unpaired) electrons. The van der Waals surface area contributed by atoms with Crippen LogP contribution in [0.15, 0.2) is 0 Å². The number of hydrogen-bond acceptors (Lipinski definition) is 2. The number of aliphatic hydroxyl groups is 2. The van der Waals surface area contributed by atoms with Crippen LogP contribution in [-0.4, -0.2) is 22.4 Å². The third-order valence-corrected chi connectivity index (χ3v) is 1.07. The second-order valence-electron chi connectivity index (χ2n) is 3.76. The van der Waals surface area contributed by atoms with Crippen molar-refractivity contribution in [1.29, 1.82) is 0 Å². The molecule has 0 amide bonds. The summed E-state index contributed by atoms with van der Waals surface area (Å²) in [6.45, 7) is 6.89. The van der Waals surface area contributed by atoms with Gasteiger partial charge in [0, 0.05) is 12.2 Å². The molecular weight excluding hydrogens is 224 g/mol. The SMILES string of the molecule is CC(C)O.CC(C)O.[CH-]1CCCC1.[CH3-].[Ti+2]. The van der Waals surface area contributed by atoms with Gasteiger partial charge in [0.05, 0.1) is 0 Å². The second-order valence-corrected chi connectivity index (χ2v) is 3.76. The maximum Gasteiger partial charge on any atom is 2.00 e. The molecule has 0 aromatic carbocycles. The zero-order valence-corrected chi connectivity index (χ0v) is 12.5. The summed E-state index contributed by atoms with van der Waals surface area (Å²) in [5.74, 6) is 0. The molecule has 0 aromatic heterocycles. The number of aliphatic hydroxyl groups excluding tert-OH is 2. The Bertz CT molecular complexity index is 62.6. The summed E-state index contributed by atoms with van der Waals surface area (Å²) in [6, 6.07) is 0. The largest absolute Gasteiger partial charge is 2.00 e. The summed E-state index contributed by atoms with van der Waals surface area (Å²) < 4.78 is 0. The molecule has 92 valence electrons. The third kappa shape index (κ3) is 73.6. The van der Waals surface area contributed by atoms with E-state index in [1.165, 1.54) is 25.7 Å². The molecule has 0 spiro atoms. The van der Waals surface area contributed by atoms with Crippen LogP contribution in [-0.2, 0) is 21.7 Å². The molecular formula is C12H28O2Ti. The molecule has 0 unspecified atom stereocenters. The van der Waals surface area contributed by atoms with E-state index in [0.717, 1.165) is 0 Å². The maximum absolute atomic E-state index is 8.06. The van der Waals surface area contributed by atoms with Crippen molar-refractivity contribution in [3.8, 4) is 0 Å². The van der Waals surface area contributed by atoms with Gasteiger partial charge in [-0.25, -0.2) is 0 Å². The summed E-state index contributed by atoms with van der Waals surface area (Å²) in [6.07, 6.45) is 7.67. The average Bonchev–Trinajstić information content (AvgIpc) is 2.35. The van der Waals surface area contributed by atoms with Crippen molar-refractivity contribution < 1.29 is 31.9 Å². The van der Waals surface area contributed by atoms with E-state index in [9.17, 15) is 0 Å². The first-order valence-corrected chi connectivity index (χ1v) is 5.14. The van der Waals surface area contributed by atoms with Crippen molar-refractivity contribution in [3.05, 3.63) is 13.8 Å². The van der Waals surface area contributed by atoms with Gasteiger partial charge in [0.1, 0.15) is 0 Å². The van der Waals surface area contributed by atoms with Crippen molar-refractivity contribution in [3.63, 3.8) is 0 Å². The minimum Gasteiger partial charge on any atom is -0.394 e. The van der Waals surface area contributed by atoms with E-state index in [0.29, 0.717) is 0 Å². The number of rotatable bonds is 0. The van der Waals surface area contributed by atoms with Crippen LogP contribution in [0.4, 0.5) is 0 Å². The molecule has 1 saturated carbocycles. The van der Waals surface area contributed by atoms with Gasteiger partial charge in [-0.05, 0) is 27.7 Å². The monoisotopic (exact) mass is 252 g/mol. The normalized spacial score (nSPS) is 12.8. The Morgan fingerprint density at radius 1 is 0.867 bits per heavy atom. The molecule has 1 aliphatic rings. The Labute approximate surface area is 111 Å². The smallest absolute Gasteiger partial charge is 0.394 e. The predicted molar refractivity (Wildman–Crippen MR) is 63.9 cm³/mol. The second kappa shape index (κ2) is 20.1. The molecule has 15 heavy (non-hydrogen) atoms. The van der Waals surface area contributed by atoms with Crippen LogP contribution in [0.3, 0.4) is 0 Å². The predicted octanol–water partition coefficient (Wildman–Crippen LogP) is 2.99. The Kier molecular flexibility index (Phi) is 33.1. The number of hydrogen-bond donors (Lipinski definition) is 2. The van der Waals surface area contributed by atoms with Gasteiger partial charge in [-0.3, -0.25) is 0 Å². The van der Waals surface area contributed by atoms with Crippen LogP contribution >= 0.6 is 0 Å². The first-order chi connectivity index (χ1) is 5.96. The van der Waals surface area contributed by atoms with Gasteiger partial charge in [-0.1, -0.05) is 12.8 Å². The molecule has 2 nitrogen and oxygen atoms in total. The molecule has 0 aliphatic heterocycles. The first-order valence-electron chi connectivity index (χ1n) is 5.14. The van der Waals surface area contributed by atoms with E-state index in [-0.39, 0.29) is 41.4 Å². The van der Waals surface area contributed by atoms with Crippen LogP contribution in [0.2, 0.25) is 0 Å². The van der Waals surface area contributed by atoms with Gasteiger partial charge < -0.3 is 24.1 Å². The summed E-state index contributed by atoms with van der Waals surface area (Å²) in [7, 11) is 0. The van der Waals surface area contributed by atoms with Crippen molar-refractivity contribution in [2.45, 2.75) is 65.6 Å². The topological polar surface area (TPSA) is 40.5 Å². The van der Waals surface area contributed by atoms with Gasteiger partial charge in [0.25, 0.3) is 0 Å². The van der Waals surface area contributed by atoms with Gasteiger partial charge in [-0.15, -0.1) is 0 Å². The van der Waals surface area contributed by atoms with E-state index in [2.05, 4.69) is 6.42 Å². The van der Waals surface area contributed by atoms with Gasteiger partial charge in [0.2, 0.25) is 0 Å². The Morgan fingerprint density at radius 3 is 1.13 bits per heavy atom. The van der Waals surface area contributed by atoms with Crippen LogP contribution in [0.1, 0.15) is 53.4 Å². The van der Waals surface area contributed by atoms with Crippen LogP contribution < -0.4 is 0 Å². The summed E-state index contributed by atoms with van der Waals surface area (Å²) in [5.41, 5.74) is 0. The van der Waals surface area contributed by atoms with Crippen LogP contribution in [0.25, 0.3) is 0 Å². The standard InChI is InChI=1S/C5H9.2C3H8O.CH3.Ti/c1-2-4-5-3-1;2*1-3(2)4;;/h1H,2-5H2;2*3-4H,1-2H3;1H3;/q-1;;;-1;+2. The molecule has 0 aromatic rings. The first kappa shape index (κ1) is 24.7. The maximum atomic E-state index is 8.06. The molecule has 2 N–H and O–H groups in total. The van der Waals surface area contributed by atoms with E-state index in [1.54, 1.807) is 27.7 Å². The van der Waals surface area contributed by atoms with E-state index >= 15 is 0 Å². The summed E-state index contributed by atoms with van der Waals surface area (Å²) >= 11 is 0. The Hall–Kier alpha value is 0.634. The van der Waals surface area contributed by atoms with Crippen molar-refractivity contribution in [1.82, 2.24) is 0 Å². The Morgan fingerprint density at radius 2 is 1.07 bits per heavy atom. The van der Waals surface area contributed by atoms with Gasteiger partial charge in [-0.2, -0.15) is 12.8 Å². The summed E-state index contributed by atoms with van der Waals surface area (Å²) in [4.78, 5) is 0. The average molecular weight is 252 g/mol. The van der Waals surface area contributed by atoms with Crippen molar-refractivity contribution >= 4 is 0 Å². The minimum atomic E-state index is -0.167. The molecule has 0 heterocycles. The molecule has 3 heteroatoms. The fraction of sp³-hybridized carbons (Fsp3) is 0.833. The van der Waals surface area contributed by atoms with Crippen LogP contribution in [0.5, 0.6) is 0 Å². The fourth-order valence-electron chi connectivity index (χ4n) is 0.722. The Balaban J connectivity index is -0.0000000575. The van der Waals surface area contributed by atoms with E-state index in [4.69, 9.17) is 10.2 Å². The summed E-state index contributed by atoms with van der Waals surface area (Å²) in [5, 5.41) is 16.1. The molecule has 0 saturated heterocycles.